The van der Waals surface area contributed by atoms with Crippen molar-refractivity contribution in [2.75, 3.05) is 19.6 Å². The number of nitrogens with zero attached hydrogens (tertiary/aromatic N) is 4. The summed E-state index contributed by atoms with van der Waals surface area (Å²) in [5, 5.41) is 7.63. The molecule has 0 bridgehead atoms. The molecule has 0 spiro atoms. The van der Waals surface area contributed by atoms with Crippen molar-refractivity contribution < 1.29 is 4.52 Å². The summed E-state index contributed by atoms with van der Waals surface area (Å²) in [6, 6.07) is 0. The SMILES string of the molecule is Cc1ncsc1CN(Cc1noc(CC(C)C)n1)CC1CCNC1.Cl. The van der Waals surface area contributed by atoms with E-state index in [4.69, 9.17) is 4.52 Å². The van der Waals surface area contributed by atoms with Gasteiger partial charge in [0.1, 0.15) is 0 Å². The Morgan fingerprint density at radius 1 is 1.40 bits per heavy atom. The predicted octanol–water partition coefficient (Wildman–Crippen LogP) is 3.07. The first kappa shape index (κ1) is 20.3. The van der Waals surface area contributed by atoms with Crippen molar-refractivity contribution in [3.63, 3.8) is 0 Å². The Hall–Kier alpha value is -1.02. The summed E-state index contributed by atoms with van der Waals surface area (Å²) in [4.78, 5) is 12.7. The quantitative estimate of drug-likeness (QED) is 0.753. The van der Waals surface area contributed by atoms with Gasteiger partial charge in [-0.2, -0.15) is 4.98 Å². The molecule has 1 saturated heterocycles. The van der Waals surface area contributed by atoms with E-state index in [9.17, 15) is 0 Å². The van der Waals surface area contributed by atoms with Gasteiger partial charge in [0.15, 0.2) is 5.82 Å². The van der Waals surface area contributed by atoms with E-state index < -0.39 is 0 Å². The first-order chi connectivity index (χ1) is 11.6. The van der Waals surface area contributed by atoms with Crippen LogP contribution in [0.4, 0.5) is 0 Å². The van der Waals surface area contributed by atoms with Crippen LogP contribution in [-0.2, 0) is 19.5 Å². The third-order valence-corrected chi connectivity index (χ3v) is 5.27. The molecule has 0 saturated carbocycles. The fourth-order valence-corrected chi connectivity index (χ4v) is 3.91. The van der Waals surface area contributed by atoms with Gasteiger partial charge in [0.25, 0.3) is 0 Å². The molecule has 1 fully saturated rings. The molecule has 2 aromatic rings. The number of aromatic nitrogens is 3. The molecule has 1 aliphatic rings. The Kier molecular flexibility index (Phi) is 7.81. The lowest BCUT2D eigenvalue weighted by molar-refractivity contribution is 0.214. The molecule has 25 heavy (non-hydrogen) atoms. The Morgan fingerprint density at radius 3 is 2.88 bits per heavy atom. The maximum atomic E-state index is 5.40. The molecule has 3 heterocycles. The Morgan fingerprint density at radius 2 is 2.24 bits per heavy atom. The third-order valence-electron chi connectivity index (χ3n) is 4.35. The molecule has 1 N–H and O–H groups in total. The summed E-state index contributed by atoms with van der Waals surface area (Å²) in [7, 11) is 0. The van der Waals surface area contributed by atoms with Gasteiger partial charge >= 0.3 is 0 Å². The van der Waals surface area contributed by atoms with Crippen molar-refractivity contribution in [2.24, 2.45) is 11.8 Å². The van der Waals surface area contributed by atoms with Crippen LogP contribution in [0.15, 0.2) is 10.0 Å². The van der Waals surface area contributed by atoms with Crippen molar-refractivity contribution in [3.8, 4) is 0 Å². The van der Waals surface area contributed by atoms with E-state index in [1.807, 2.05) is 5.51 Å². The highest BCUT2D eigenvalue weighted by Crippen LogP contribution is 2.19. The van der Waals surface area contributed by atoms with Gasteiger partial charge in [0.05, 0.1) is 17.7 Å². The topological polar surface area (TPSA) is 67.1 Å². The zero-order chi connectivity index (χ0) is 16.9. The molecular formula is C17H28ClN5OS. The van der Waals surface area contributed by atoms with Crippen LogP contribution in [-0.4, -0.2) is 39.7 Å². The fourth-order valence-electron chi connectivity index (χ4n) is 3.09. The molecule has 0 amide bonds. The Bertz CT molecular complexity index is 639. The van der Waals surface area contributed by atoms with Crippen molar-refractivity contribution in [3.05, 3.63) is 27.8 Å². The zero-order valence-electron chi connectivity index (χ0n) is 15.2. The highest BCUT2D eigenvalue weighted by Gasteiger charge is 2.21. The molecule has 6 nitrogen and oxygen atoms in total. The fraction of sp³-hybridized carbons (Fsp3) is 0.706. The van der Waals surface area contributed by atoms with E-state index in [-0.39, 0.29) is 12.4 Å². The van der Waals surface area contributed by atoms with Gasteiger partial charge in [-0.15, -0.1) is 23.7 Å². The van der Waals surface area contributed by atoms with Gasteiger partial charge in [-0.3, -0.25) is 4.90 Å². The number of nitrogens with one attached hydrogen (secondary N) is 1. The molecular weight excluding hydrogens is 358 g/mol. The van der Waals surface area contributed by atoms with E-state index in [2.05, 4.69) is 46.1 Å². The summed E-state index contributed by atoms with van der Waals surface area (Å²) >= 11 is 1.73. The molecule has 1 unspecified atom stereocenters. The number of halogens is 1. The summed E-state index contributed by atoms with van der Waals surface area (Å²) in [5.41, 5.74) is 3.05. The second-order valence-corrected chi connectivity index (χ2v) is 8.03. The second-order valence-electron chi connectivity index (χ2n) is 7.09. The van der Waals surface area contributed by atoms with Gasteiger partial charge < -0.3 is 9.84 Å². The molecule has 1 aliphatic heterocycles. The standard InChI is InChI=1S/C17H27N5OS.ClH/c1-12(2)6-17-20-16(21-23-17)10-22(8-14-4-5-18-7-14)9-15-13(3)19-11-24-15;/h11-12,14,18H,4-10H2,1-3H3;1H. The normalized spacial score (nSPS) is 17.4. The van der Waals surface area contributed by atoms with Crippen LogP contribution >= 0.6 is 23.7 Å². The van der Waals surface area contributed by atoms with Gasteiger partial charge in [-0.05, 0) is 38.3 Å². The van der Waals surface area contributed by atoms with Crippen molar-refractivity contribution >= 4 is 23.7 Å². The van der Waals surface area contributed by atoms with Gasteiger partial charge in [0.2, 0.25) is 5.89 Å². The van der Waals surface area contributed by atoms with E-state index in [0.29, 0.717) is 11.8 Å². The largest absolute Gasteiger partial charge is 0.339 e. The summed E-state index contributed by atoms with van der Waals surface area (Å²) in [6.45, 7) is 11.3. The van der Waals surface area contributed by atoms with Crippen LogP contribution in [0.25, 0.3) is 0 Å². The first-order valence-corrected chi connectivity index (χ1v) is 9.61. The summed E-state index contributed by atoms with van der Waals surface area (Å²) in [5.74, 6) is 2.76. The van der Waals surface area contributed by atoms with Crippen molar-refractivity contribution in [2.45, 2.75) is 46.7 Å². The van der Waals surface area contributed by atoms with E-state index in [1.54, 1.807) is 11.3 Å². The smallest absolute Gasteiger partial charge is 0.226 e. The minimum atomic E-state index is 0. The number of hydrogen-bond acceptors (Lipinski definition) is 7. The molecule has 0 aromatic carbocycles. The Balaban J connectivity index is 0.00000225. The minimum Gasteiger partial charge on any atom is -0.339 e. The van der Waals surface area contributed by atoms with Crippen molar-refractivity contribution in [1.82, 2.24) is 25.3 Å². The summed E-state index contributed by atoms with van der Waals surface area (Å²) < 4.78 is 5.40. The highest BCUT2D eigenvalue weighted by molar-refractivity contribution is 7.09. The van der Waals surface area contributed by atoms with Gasteiger partial charge in [-0.25, -0.2) is 4.98 Å². The molecule has 0 aliphatic carbocycles. The summed E-state index contributed by atoms with van der Waals surface area (Å²) in [6.07, 6.45) is 2.08. The lowest BCUT2D eigenvalue weighted by atomic mass is 10.1. The average molecular weight is 386 g/mol. The third kappa shape index (κ3) is 6.02. The first-order valence-electron chi connectivity index (χ1n) is 8.73. The van der Waals surface area contributed by atoms with Crippen LogP contribution in [0, 0.1) is 18.8 Å². The average Bonchev–Trinajstić information content (AvgIpc) is 3.24. The zero-order valence-corrected chi connectivity index (χ0v) is 16.8. The predicted molar refractivity (Wildman–Crippen MR) is 102 cm³/mol. The molecule has 2 aromatic heterocycles. The van der Waals surface area contributed by atoms with E-state index in [1.165, 1.54) is 11.3 Å². The maximum absolute atomic E-state index is 5.40. The Labute approximate surface area is 159 Å². The van der Waals surface area contributed by atoms with Crippen molar-refractivity contribution in [1.29, 1.82) is 0 Å². The minimum absolute atomic E-state index is 0. The second kappa shape index (κ2) is 9.62. The monoisotopic (exact) mass is 385 g/mol. The highest BCUT2D eigenvalue weighted by atomic mass is 35.5. The van der Waals surface area contributed by atoms with E-state index >= 15 is 0 Å². The van der Waals surface area contributed by atoms with Crippen LogP contribution in [0.5, 0.6) is 0 Å². The van der Waals surface area contributed by atoms with Crippen LogP contribution < -0.4 is 5.32 Å². The number of rotatable bonds is 8. The van der Waals surface area contributed by atoms with Crippen LogP contribution in [0.1, 0.15) is 42.6 Å². The lowest BCUT2D eigenvalue weighted by Crippen LogP contribution is -2.30. The maximum Gasteiger partial charge on any atom is 0.226 e. The number of hydrogen-bond donors (Lipinski definition) is 1. The molecule has 3 rings (SSSR count). The van der Waals surface area contributed by atoms with Gasteiger partial charge in [0, 0.05) is 24.4 Å². The molecule has 8 heteroatoms. The lowest BCUT2D eigenvalue weighted by Gasteiger charge is -2.23. The van der Waals surface area contributed by atoms with E-state index in [0.717, 1.165) is 56.6 Å². The molecule has 140 valence electrons. The molecule has 1 atom stereocenters. The molecule has 0 radical (unpaired) electrons. The number of thiazole rings is 1. The van der Waals surface area contributed by atoms with Crippen LogP contribution in [0.3, 0.4) is 0 Å². The number of aryl methyl sites for hydroxylation is 1. The van der Waals surface area contributed by atoms with Gasteiger partial charge in [-0.1, -0.05) is 19.0 Å². The van der Waals surface area contributed by atoms with Crippen LogP contribution in [0.2, 0.25) is 0 Å².